The van der Waals surface area contributed by atoms with E-state index in [0.29, 0.717) is 0 Å². The Hall–Kier alpha value is -6.70. The SMILES string of the molecule is c1ccc(-c2cc(-c3ccccc3)cc(-c3c4ccccc4c(-c4ccc(N(c5ccccc5)c5ccccc5)cc4)c4ccccc34)c2)cc1. The monoisotopic (exact) mass is 649 g/mol. The first-order valence-electron chi connectivity index (χ1n) is 17.5. The summed E-state index contributed by atoms with van der Waals surface area (Å²) in [6.07, 6.45) is 0. The van der Waals surface area contributed by atoms with Crippen LogP contribution in [0.3, 0.4) is 0 Å². The van der Waals surface area contributed by atoms with Gasteiger partial charge in [0.05, 0.1) is 0 Å². The van der Waals surface area contributed by atoms with Gasteiger partial charge in [-0.15, -0.1) is 0 Å². The molecule has 0 unspecified atom stereocenters. The average Bonchev–Trinajstić information content (AvgIpc) is 3.21. The molecule has 0 fully saturated rings. The van der Waals surface area contributed by atoms with E-state index in [1.165, 1.54) is 66.1 Å². The summed E-state index contributed by atoms with van der Waals surface area (Å²) in [5.41, 5.74) is 13.1. The van der Waals surface area contributed by atoms with Gasteiger partial charge in [0, 0.05) is 17.1 Å². The molecule has 0 aliphatic heterocycles. The fourth-order valence-electron chi connectivity index (χ4n) is 7.50. The quantitative estimate of drug-likeness (QED) is 0.155. The van der Waals surface area contributed by atoms with E-state index in [9.17, 15) is 0 Å². The summed E-state index contributed by atoms with van der Waals surface area (Å²) in [4.78, 5) is 2.31. The van der Waals surface area contributed by atoms with Crippen molar-refractivity contribution in [2.45, 2.75) is 0 Å². The first-order valence-corrected chi connectivity index (χ1v) is 17.5. The molecule has 1 nitrogen and oxygen atoms in total. The number of para-hydroxylation sites is 2. The van der Waals surface area contributed by atoms with Gasteiger partial charge in [-0.05, 0) is 121 Å². The lowest BCUT2D eigenvalue weighted by atomic mass is 9.84. The van der Waals surface area contributed by atoms with Crippen molar-refractivity contribution in [2.24, 2.45) is 0 Å². The van der Waals surface area contributed by atoms with Crippen LogP contribution < -0.4 is 4.90 Å². The van der Waals surface area contributed by atoms with E-state index in [2.05, 4.69) is 217 Å². The fourth-order valence-corrected chi connectivity index (χ4v) is 7.50. The highest BCUT2D eigenvalue weighted by molar-refractivity contribution is 6.21. The Morgan fingerprint density at radius 3 is 0.941 bits per heavy atom. The second-order valence-electron chi connectivity index (χ2n) is 12.9. The van der Waals surface area contributed by atoms with Gasteiger partial charge >= 0.3 is 0 Å². The van der Waals surface area contributed by atoms with Gasteiger partial charge in [-0.3, -0.25) is 0 Å². The van der Waals surface area contributed by atoms with E-state index in [4.69, 9.17) is 0 Å². The maximum atomic E-state index is 2.37. The zero-order chi connectivity index (χ0) is 34.0. The molecule has 0 aromatic heterocycles. The predicted molar refractivity (Wildman–Crippen MR) is 218 cm³/mol. The van der Waals surface area contributed by atoms with Crippen LogP contribution in [-0.4, -0.2) is 0 Å². The van der Waals surface area contributed by atoms with E-state index in [0.717, 1.165) is 17.1 Å². The summed E-state index contributed by atoms with van der Waals surface area (Å²) in [6, 6.07) is 76.6. The molecule has 9 aromatic carbocycles. The van der Waals surface area contributed by atoms with Gasteiger partial charge in [-0.25, -0.2) is 0 Å². The molecule has 0 aliphatic rings. The first-order chi connectivity index (χ1) is 25.3. The van der Waals surface area contributed by atoms with Crippen molar-refractivity contribution in [1.82, 2.24) is 0 Å². The topological polar surface area (TPSA) is 3.24 Å². The fraction of sp³-hybridized carbons (Fsp3) is 0. The molecular weight excluding hydrogens is 615 g/mol. The molecule has 0 aliphatic carbocycles. The molecule has 0 bridgehead atoms. The van der Waals surface area contributed by atoms with Crippen molar-refractivity contribution in [1.29, 1.82) is 0 Å². The number of anilines is 3. The Bertz CT molecular complexity index is 2440. The molecule has 0 atom stereocenters. The number of rotatable bonds is 7. The Labute approximate surface area is 299 Å². The normalized spacial score (nSPS) is 11.1. The van der Waals surface area contributed by atoms with E-state index in [-0.39, 0.29) is 0 Å². The van der Waals surface area contributed by atoms with Crippen LogP contribution in [0.1, 0.15) is 0 Å². The highest BCUT2D eigenvalue weighted by Crippen LogP contribution is 2.46. The lowest BCUT2D eigenvalue weighted by Gasteiger charge is -2.25. The van der Waals surface area contributed by atoms with Crippen LogP contribution >= 0.6 is 0 Å². The predicted octanol–water partition coefficient (Wildman–Crippen LogP) is 14.1. The molecule has 240 valence electrons. The zero-order valence-corrected chi connectivity index (χ0v) is 28.2. The Balaban J connectivity index is 1.25. The molecular formula is C50H35N. The maximum absolute atomic E-state index is 2.37. The molecule has 0 saturated carbocycles. The van der Waals surface area contributed by atoms with E-state index in [1.54, 1.807) is 0 Å². The van der Waals surface area contributed by atoms with Gasteiger partial charge in [0.25, 0.3) is 0 Å². The number of benzene rings is 9. The van der Waals surface area contributed by atoms with Crippen LogP contribution in [-0.2, 0) is 0 Å². The lowest BCUT2D eigenvalue weighted by molar-refractivity contribution is 1.28. The summed E-state index contributed by atoms with van der Waals surface area (Å²) in [5, 5.41) is 4.98. The van der Waals surface area contributed by atoms with Gasteiger partial charge in [-0.1, -0.05) is 158 Å². The second-order valence-corrected chi connectivity index (χ2v) is 12.9. The van der Waals surface area contributed by atoms with Crippen LogP contribution in [0.15, 0.2) is 212 Å². The highest BCUT2D eigenvalue weighted by Gasteiger charge is 2.19. The molecule has 51 heavy (non-hydrogen) atoms. The van der Waals surface area contributed by atoms with Crippen LogP contribution in [0.25, 0.3) is 66.1 Å². The van der Waals surface area contributed by atoms with Crippen molar-refractivity contribution in [3.63, 3.8) is 0 Å². The Morgan fingerprint density at radius 2 is 0.529 bits per heavy atom. The zero-order valence-electron chi connectivity index (χ0n) is 28.2. The third kappa shape index (κ3) is 5.75. The van der Waals surface area contributed by atoms with Gasteiger partial charge < -0.3 is 4.90 Å². The van der Waals surface area contributed by atoms with Crippen molar-refractivity contribution < 1.29 is 0 Å². The van der Waals surface area contributed by atoms with E-state index in [1.807, 2.05) is 0 Å². The molecule has 0 amide bonds. The Kier molecular flexibility index (Phi) is 7.92. The third-order valence-corrected chi connectivity index (χ3v) is 9.81. The van der Waals surface area contributed by atoms with Crippen molar-refractivity contribution in [3.05, 3.63) is 212 Å². The van der Waals surface area contributed by atoms with Crippen LogP contribution in [0.5, 0.6) is 0 Å². The standard InChI is InChI=1S/C50H35N/c1-5-17-36(18-6-1)39-33-40(37-19-7-2-8-20-37)35-41(34-39)50-47-27-15-13-25-45(47)49(46-26-14-16-28-48(46)50)38-29-31-44(32-30-38)51(42-21-9-3-10-22-42)43-23-11-4-12-24-43/h1-35H. The number of nitrogens with zero attached hydrogens (tertiary/aromatic N) is 1. The highest BCUT2D eigenvalue weighted by atomic mass is 15.1. The molecule has 0 saturated heterocycles. The molecule has 0 heterocycles. The van der Waals surface area contributed by atoms with Crippen LogP contribution in [0.2, 0.25) is 0 Å². The lowest BCUT2D eigenvalue weighted by Crippen LogP contribution is -2.09. The first kappa shape index (κ1) is 30.4. The van der Waals surface area contributed by atoms with Crippen molar-refractivity contribution in [3.8, 4) is 44.5 Å². The summed E-state index contributed by atoms with van der Waals surface area (Å²) in [5.74, 6) is 0. The van der Waals surface area contributed by atoms with Crippen LogP contribution in [0.4, 0.5) is 17.1 Å². The van der Waals surface area contributed by atoms with Crippen LogP contribution in [0, 0.1) is 0 Å². The van der Waals surface area contributed by atoms with Gasteiger partial charge in [-0.2, -0.15) is 0 Å². The number of hydrogen-bond acceptors (Lipinski definition) is 1. The molecule has 9 rings (SSSR count). The van der Waals surface area contributed by atoms with Crippen molar-refractivity contribution >= 4 is 38.6 Å². The summed E-state index contributed by atoms with van der Waals surface area (Å²) in [7, 11) is 0. The maximum Gasteiger partial charge on any atom is 0.0462 e. The average molecular weight is 650 g/mol. The molecule has 0 spiro atoms. The molecule has 0 radical (unpaired) electrons. The van der Waals surface area contributed by atoms with E-state index < -0.39 is 0 Å². The summed E-state index contributed by atoms with van der Waals surface area (Å²) < 4.78 is 0. The summed E-state index contributed by atoms with van der Waals surface area (Å²) >= 11 is 0. The van der Waals surface area contributed by atoms with Gasteiger partial charge in [0.1, 0.15) is 0 Å². The minimum atomic E-state index is 1.12. The second kappa shape index (κ2) is 13.3. The Morgan fingerprint density at radius 1 is 0.216 bits per heavy atom. The van der Waals surface area contributed by atoms with Crippen molar-refractivity contribution in [2.75, 3.05) is 4.90 Å². The van der Waals surface area contributed by atoms with Gasteiger partial charge in [0.2, 0.25) is 0 Å². The molecule has 9 aromatic rings. The molecule has 1 heteroatoms. The summed E-state index contributed by atoms with van der Waals surface area (Å²) in [6.45, 7) is 0. The minimum absolute atomic E-state index is 1.12. The largest absolute Gasteiger partial charge is 0.311 e. The molecule has 0 N–H and O–H groups in total. The third-order valence-electron chi connectivity index (χ3n) is 9.81. The number of hydrogen-bond donors (Lipinski definition) is 0. The smallest absolute Gasteiger partial charge is 0.0462 e. The minimum Gasteiger partial charge on any atom is -0.311 e. The number of fused-ring (bicyclic) bond motifs is 2. The van der Waals surface area contributed by atoms with E-state index >= 15 is 0 Å². The van der Waals surface area contributed by atoms with Gasteiger partial charge in [0.15, 0.2) is 0 Å².